The molecule has 2 aromatic carbocycles. The van der Waals surface area contributed by atoms with Gasteiger partial charge in [0.1, 0.15) is 5.82 Å². The summed E-state index contributed by atoms with van der Waals surface area (Å²) in [4.78, 5) is 14.5. The van der Waals surface area contributed by atoms with Crippen molar-refractivity contribution in [3.8, 4) is 0 Å². The number of carbonyl (C=O) groups excluding carboxylic acids is 1. The van der Waals surface area contributed by atoms with E-state index >= 15 is 0 Å². The first-order chi connectivity index (χ1) is 12.9. The Hall–Kier alpha value is -2.40. The fraction of sp³-hybridized carbons (Fsp3) is 0.409. The normalized spacial score (nSPS) is 14.3. The number of anilines is 1. The maximum absolute atomic E-state index is 13.0. The van der Waals surface area contributed by atoms with Crippen LogP contribution in [-0.2, 0) is 11.3 Å². The smallest absolute Gasteiger partial charge is 0.216 e. The molecule has 1 fully saturated rings. The highest BCUT2D eigenvalue weighted by Crippen LogP contribution is 2.18. The fourth-order valence-corrected chi connectivity index (χ4v) is 3.23. The third-order valence-corrected chi connectivity index (χ3v) is 4.60. The van der Waals surface area contributed by atoms with Gasteiger partial charge in [0.05, 0.1) is 0 Å². The van der Waals surface area contributed by atoms with Crippen molar-refractivity contribution >= 4 is 11.6 Å². The minimum absolute atomic E-state index is 0.00463. The minimum atomic E-state index is -0.169. The van der Waals surface area contributed by atoms with Crippen molar-refractivity contribution in [1.82, 2.24) is 10.2 Å². The number of carbonyl (C=O) groups is 1. The summed E-state index contributed by atoms with van der Waals surface area (Å²) in [5.41, 5.74) is 5.18. The zero-order valence-corrected chi connectivity index (χ0v) is 16.8. The van der Waals surface area contributed by atoms with E-state index in [4.69, 9.17) is 0 Å². The molecule has 146 valence electrons. The van der Waals surface area contributed by atoms with Crippen molar-refractivity contribution in [2.24, 2.45) is 0 Å². The third kappa shape index (κ3) is 7.02. The van der Waals surface area contributed by atoms with E-state index in [1.54, 1.807) is 7.05 Å². The molecule has 27 heavy (non-hydrogen) atoms. The highest BCUT2D eigenvalue weighted by molar-refractivity contribution is 5.72. The molecule has 1 saturated heterocycles. The molecule has 5 heteroatoms. The summed E-state index contributed by atoms with van der Waals surface area (Å²) in [6.45, 7) is 10.9. The lowest BCUT2D eigenvalue weighted by Gasteiger charge is -2.36. The van der Waals surface area contributed by atoms with Crippen LogP contribution in [0.4, 0.5) is 10.1 Å². The molecule has 1 amide bonds. The highest BCUT2D eigenvalue weighted by Gasteiger charge is 2.17. The largest absolute Gasteiger partial charge is 0.369 e. The molecule has 0 unspecified atom stereocenters. The van der Waals surface area contributed by atoms with Gasteiger partial charge >= 0.3 is 0 Å². The van der Waals surface area contributed by atoms with Gasteiger partial charge in [-0.2, -0.15) is 0 Å². The summed E-state index contributed by atoms with van der Waals surface area (Å²) in [6.07, 6.45) is 0. The number of nitrogens with zero attached hydrogens (tertiary/aromatic N) is 2. The van der Waals surface area contributed by atoms with E-state index in [9.17, 15) is 9.18 Å². The number of aryl methyl sites for hydroxylation is 2. The topological polar surface area (TPSA) is 35.6 Å². The lowest BCUT2D eigenvalue weighted by molar-refractivity contribution is -0.118. The van der Waals surface area contributed by atoms with Gasteiger partial charge < -0.3 is 10.2 Å². The molecule has 2 aromatic rings. The van der Waals surface area contributed by atoms with Gasteiger partial charge in [-0.1, -0.05) is 29.3 Å². The number of piperazine rings is 1. The lowest BCUT2D eigenvalue weighted by atomic mass is 10.1. The second-order valence-corrected chi connectivity index (χ2v) is 7.04. The van der Waals surface area contributed by atoms with E-state index in [1.807, 2.05) is 12.1 Å². The van der Waals surface area contributed by atoms with Crippen molar-refractivity contribution in [2.45, 2.75) is 27.3 Å². The van der Waals surface area contributed by atoms with E-state index in [0.29, 0.717) is 0 Å². The van der Waals surface area contributed by atoms with Gasteiger partial charge in [0.25, 0.3) is 0 Å². The number of hydrogen-bond donors (Lipinski definition) is 1. The number of hydrogen-bond acceptors (Lipinski definition) is 3. The second kappa shape index (κ2) is 10.1. The Labute approximate surface area is 162 Å². The zero-order chi connectivity index (χ0) is 19.8. The fourth-order valence-electron chi connectivity index (χ4n) is 3.23. The van der Waals surface area contributed by atoms with Crippen LogP contribution in [0.3, 0.4) is 0 Å². The van der Waals surface area contributed by atoms with Gasteiger partial charge in [-0.15, -0.1) is 0 Å². The van der Waals surface area contributed by atoms with Gasteiger partial charge in [-0.05, 0) is 43.7 Å². The number of amides is 1. The van der Waals surface area contributed by atoms with Gasteiger partial charge in [0.2, 0.25) is 5.91 Å². The second-order valence-electron chi connectivity index (χ2n) is 7.04. The van der Waals surface area contributed by atoms with E-state index in [-0.39, 0.29) is 11.7 Å². The molecular formula is C22H30FN3O. The van der Waals surface area contributed by atoms with Crippen molar-refractivity contribution in [2.75, 3.05) is 38.1 Å². The molecule has 3 rings (SSSR count). The summed E-state index contributed by atoms with van der Waals surface area (Å²) in [6, 6.07) is 13.6. The van der Waals surface area contributed by atoms with Crippen LogP contribution in [0.1, 0.15) is 23.6 Å². The molecule has 0 aliphatic carbocycles. The Balaban J connectivity index is 0.000000465. The van der Waals surface area contributed by atoms with Gasteiger partial charge in [-0.25, -0.2) is 4.39 Å². The van der Waals surface area contributed by atoms with Crippen LogP contribution in [0.25, 0.3) is 0 Å². The van der Waals surface area contributed by atoms with E-state index in [1.165, 1.54) is 35.7 Å². The zero-order valence-electron chi connectivity index (χ0n) is 16.8. The average Bonchev–Trinajstić information content (AvgIpc) is 2.63. The van der Waals surface area contributed by atoms with Gasteiger partial charge in [0.15, 0.2) is 0 Å². The first-order valence-electron chi connectivity index (χ1n) is 9.35. The molecule has 1 aliphatic rings. The van der Waals surface area contributed by atoms with Crippen LogP contribution < -0.4 is 10.2 Å². The standard InChI is InChI=1S/C19H23FN2.C3H7NO/c1-15-11-16(2)13-17(12-15)14-21-7-9-22(10-8-21)19-5-3-18(20)4-6-19;1-3(5)4-2/h3-6,11-13H,7-10,14H2,1-2H3;1-2H3,(H,4,5). The van der Waals surface area contributed by atoms with Crippen LogP contribution in [0.2, 0.25) is 0 Å². The molecule has 0 bridgehead atoms. The molecule has 1 aliphatic heterocycles. The molecule has 0 aromatic heterocycles. The first-order valence-corrected chi connectivity index (χ1v) is 9.35. The Morgan fingerprint density at radius 2 is 1.52 bits per heavy atom. The van der Waals surface area contributed by atoms with Crippen LogP contribution in [0, 0.1) is 19.7 Å². The number of benzene rings is 2. The van der Waals surface area contributed by atoms with Crippen molar-refractivity contribution in [3.63, 3.8) is 0 Å². The molecule has 1 heterocycles. The summed E-state index contributed by atoms with van der Waals surface area (Å²) < 4.78 is 13.0. The molecule has 1 N–H and O–H groups in total. The van der Waals surface area contributed by atoms with Crippen molar-refractivity contribution in [1.29, 1.82) is 0 Å². The highest BCUT2D eigenvalue weighted by atomic mass is 19.1. The molecule has 0 saturated carbocycles. The molecule has 0 spiro atoms. The van der Waals surface area contributed by atoms with E-state index < -0.39 is 0 Å². The molecule has 0 atom stereocenters. The maximum Gasteiger partial charge on any atom is 0.216 e. The number of rotatable bonds is 3. The SMILES string of the molecule is CNC(C)=O.Cc1cc(C)cc(CN2CCN(c3ccc(F)cc3)CC2)c1. The van der Waals surface area contributed by atoms with Crippen LogP contribution in [0.15, 0.2) is 42.5 Å². The Morgan fingerprint density at radius 1 is 1.00 bits per heavy atom. The summed E-state index contributed by atoms with van der Waals surface area (Å²) in [5, 5.41) is 2.39. The van der Waals surface area contributed by atoms with Gasteiger partial charge in [0, 0.05) is 52.4 Å². The lowest BCUT2D eigenvalue weighted by Crippen LogP contribution is -2.45. The van der Waals surface area contributed by atoms with Crippen molar-refractivity contribution < 1.29 is 9.18 Å². The number of nitrogens with one attached hydrogen (secondary N) is 1. The third-order valence-electron chi connectivity index (χ3n) is 4.60. The Kier molecular flexibility index (Phi) is 7.80. The molecular weight excluding hydrogens is 341 g/mol. The quantitative estimate of drug-likeness (QED) is 0.897. The predicted molar refractivity (Wildman–Crippen MR) is 110 cm³/mol. The summed E-state index contributed by atoms with van der Waals surface area (Å²) in [5.74, 6) is -0.165. The molecule has 4 nitrogen and oxygen atoms in total. The minimum Gasteiger partial charge on any atom is -0.369 e. The maximum atomic E-state index is 13.0. The monoisotopic (exact) mass is 371 g/mol. The first kappa shape index (κ1) is 20.9. The van der Waals surface area contributed by atoms with Gasteiger partial charge in [-0.3, -0.25) is 9.69 Å². The average molecular weight is 372 g/mol. The number of halogens is 1. The summed E-state index contributed by atoms with van der Waals surface area (Å²) >= 11 is 0. The predicted octanol–water partition coefficient (Wildman–Crippen LogP) is 3.52. The van der Waals surface area contributed by atoms with Crippen LogP contribution >= 0.6 is 0 Å². The van der Waals surface area contributed by atoms with Crippen molar-refractivity contribution in [3.05, 3.63) is 65.0 Å². The Bertz CT molecular complexity index is 717. The van der Waals surface area contributed by atoms with Crippen LogP contribution in [-0.4, -0.2) is 44.0 Å². The summed E-state index contributed by atoms with van der Waals surface area (Å²) in [7, 11) is 1.60. The van der Waals surface area contributed by atoms with E-state index in [0.717, 1.165) is 38.4 Å². The van der Waals surface area contributed by atoms with Crippen LogP contribution in [0.5, 0.6) is 0 Å². The van der Waals surface area contributed by atoms with E-state index in [2.05, 4.69) is 47.2 Å². The molecule has 0 radical (unpaired) electrons. The Morgan fingerprint density at radius 3 is 2.00 bits per heavy atom.